The topological polar surface area (TPSA) is 99.0 Å². The van der Waals surface area contributed by atoms with Crippen molar-refractivity contribution in [2.24, 2.45) is 0 Å². The fourth-order valence-electron chi connectivity index (χ4n) is 3.40. The smallest absolute Gasteiger partial charge is 0.273 e. The second-order valence-electron chi connectivity index (χ2n) is 7.41. The van der Waals surface area contributed by atoms with Crippen molar-refractivity contribution in [3.05, 3.63) is 114 Å². The number of para-hydroxylation sites is 1. The number of aromatic nitrogens is 4. The maximum Gasteiger partial charge on any atom is 0.273 e. The molecule has 0 unspecified atom stereocenters. The summed E-state index contributed by atoms with van der Waals surface area (Å²) < 4.78 is 12.8. The fourth-order valence-corrected chi connectivity index (χ4v) is 4.23. The highest BCUT2D eigenvalue weighted by molar-refractivity contribution is 7.98. The van der Waals surface area contributed by atoms with Crippen LogP contribution < -0.4 is 5.32 Å². The maximum atomic E-state index is 12.3. The van der Waals surface area contributed by atoms with Crippen LogP contribution in [0.4, 0.5) is 0 Å². The summed E-state index contributed by atoms with van der Waals surface area (Å²) in [5.41, 5.74) is 2.35. The van der Waals surface area contributed by atoms with Gasteiger partial charge in [0.15, 0.2) is 10.9 Å². The molecule has 3 aromatic heterocycles. The zero-order valence-corrected chi connectivity index (χ0v) is 18.9. The van der Waals surface area contributed by atoms with Gasteiger partial charge in [-0.05, 0) is 29.8 Å². The van der Waals surface area contributed by atoms with E-state index in [4.69, 9.17) is 8.83 Å². The number of hydrogen-bond acceptors (Lipinski definition) is 7. The Morgan fingerprint density at radius 3 is 2.50 bits per heavy atom. The van der Waals surface area contributed by atoms with Crippen LogP contribution in [0.1, 0.15) is 33.5 Å². The molecule has 2 aromatic carbocycles. The van der Waals surface area contributed by atoms with Crippen molar-refractivity contribution < 1.29 is 13.6 Å². The van der Waals surface area contributed by atoms with Crippen molar-refractivity contribution in [1.82, 2.24) is 25.1 Å². The largest absolute Gasteiger partial charge is 0.467 e. The minimum absolute atomic E-state index is 0.219. The Kier molecular flexibility index (Phi) is 6.53. The first-order valence-corrected chi connectivity index (χ1v) is 11.7. The SMILES string of the molecule is O=C(NCc1ccco1)c1coc(CSc2nnc(Cc3ccccc3)n2-c2ccccc2)n1. The Hall–Kier alpha value is -4.11. The summed E-state index contributed by atoms with van der Waals surface area (Å²) >= 11 is 1.45. The number of hydrogen-bond donors (Lipinski definition) is 1. The quantitative estimate of drug-likeness (QED) is 0.312. The third-order valence-electron chi connectivity index (χ3n) is 5.03. The summed E-state index contributed by atoms with van der Waals surface area (Å²) in [6.45, 7) is 0.285. The van der Waals surface area contributed by atoms with Crippen LogP contribution >= 0.6 is 11.8 Å². The molecule has 9 heteroatoms. The van der Waals surface area contributed by atoms with Crippen molar-refractivity contribution >= 4 is 17.7 Å². The van der Waals surface area contributed by atoms with Gasteiger partial charge in [-0.25, -0.2) is 4.98 Å². The van der Waals surface area contributed by atoms with Gasteiger partial charge in [0.25, 0.3) is 5.91 Å². The Balaban J connectivity index is 1.29. The number of amides is 1. The highest BCUT2D eigenvalue weighted by Gasteiger charge is 2.17. The number of carbonyl (C=O) groups excluding carboxylic acids is 1. The van der Waals surface area contributed by atoms with Gasteiger partial charge in [-0.15, -0.1) is 10.2 Å². The number of carbonyl (C=O) groups is 1. The van der Waals surface area contributed by atoms with Crippen molar-refractivity contribution in [3.8, 4) is 5.69 Å². The van der Waals surface area contributed by atoms with E-state index in [2.05, 4.69) is 32.6 Å². The van der Waals surface area contributed by atoms with Crippen LogP contribution in [0.3, 0.4) is 0 Å². The van der Waals surface area contributed by atoms with Crippen LogP contribution in [0, 0.1) is 0 Å². The molecular weight excluding hydrogens is 450 g/mol. The van der Waals surface area contributed by atoms with Gasteiger partial charge >= 0.3 is 0 Å². The molecular formula is C25H21N5O3S. The Morgan fingerprint density at radius 1 is 0.941 bits per heavy atom. The zero-order chi connectivity index (χ0) is 23.2. The van der Waals surface area contributed by atoms with E-state index in [0.29, 0.717) is 23.8 Å². The molecule has 0 spiro atoms. The summed E-state index contributed by atoms with van der Waals surface area (Å²) in [5.74, 6) is 2.01. The first-order valence-electron chi connectivity index (χ1n) is 10.7. The van der Waals surface area contributed by atoms with Gasteiger partial charge in [0.2, 0.25) is 5.89 Å². The molecule has 0 saturated heterocycles. The van der Waals surface area contributed by atoms with Crippen molar-refractivity contribution in [2.75, 3.05) is 0 Å². The molecule has 1 amide bonds. The van der Waals surface area contributed by atoms with Gasteiger partial charge in [-0.2, -0.15) is 0 Å². The average Bonchev–Trinajstić information content (AvgIpc) is 3.64. The van der Waals surface area contributed by atoms with E-state index in [1.54, 1.807) is 18.4 Å². The molecule has 34 heavy (non-hydrogen) atoms. The van der Waals surface area contributed by atoms with Gasteiger partial charge in [0.1, 0.15) is 17.8 Å². The molecule has 0 aliphatic carbocycles. The average molecular weight is 472 g/mol. The van der Waals surface area contributed by atoms with Crippen LogP contribution in [0.25, 0.3) is 5.69 Å². The fraction of sp³-hybridized carbons (Fsp3) is 0.120. The summed E-state index contributed by atoms with van der Waals surface area (Å²) in [6, 6.07) is 23.7. The van der Waals surface area contributed by atoms with Crippen LogP contribution in [-0.2, 0) is 18.7 Å². The second-order valence-corrected chi connectivity index (χ2v) is 8.35. The van der Waals surface area contributed by atoms with Crippen LogP contribution in [0.5, 0.6) is 0 Å². The van der Waals surface area contributed by atoms with E-state index < -0.39 is 0 Å². The number of thioether (sulfide) groups is 1. The van der Waals surface area contributed by atoms with Crippen LogP contribution in [-0.4, -0.2) is 25.7 Å². The molecule has 0 bridgehead atoms. The van der Waals surface area contributed by atoms with Crippen LogP contribution in [0.15, 0.2) is 99.3 Å². The number of rotatable bonds is 9. The highest BCUT2D eigenvalue weighted by Crippen LogP contribution is 2.26. The van der Waals surface area contributed by atoms with E-state index in [1.165, 1.54) is 18.0 Å². The normalized spacial score (nSPS) is 10.9. The molecule has 0 aliphatic rings. The van der Waals surface area contributed by atoms with Gasteiger partial charge in [-0.3, -0.25) is 9.36 Å². The first kappa shape index (κ1) is 21.7. The summed E-state index contributed by atoms with van der Waals surface area (Å²) in [7, 11) is 0. The third kappa shape index (κ3) is 5.10. The minimum atomic E-state index is -0.325. The first-order chi connectivity index (χ1) is 16.8. The van der Waals surface area contributed by atoms with E-state index in [9.17, 15) is 4.79 Å². The number of nitrogens with one attached hydrogen (secondary N) is 1. The monoisotopic (exact) mass is 471 g/mol. The number of benzene rings is 2. The lowest BCUT2D eigenvalue weighted by atomic mass is 10.1. The Labute approximate surface area is 200 Å². The summed E-state index contributed by atoms with van der Waals surface area (Å²) in [6.07, 6.45) is 3.57. The van der Waals surface area contributed by atoms with Crippen LogP contribution in [0.2, 0.25) is 0 Å². The predicted molar refractivity (Wildman–Crippen MR) is 127 cm³/mol. The van der Waals surface area contributed by atoms with Crippen molar-refractivity contribution in [3.63, 3.8) is 0 Å². The maximum absolute atomic E-state index is 12.3. The zero-order valence-electron chi connectivity index (χ0n) is 18.1. The predicted octanol–water partition coefficient (Wildman–Crippen LogP) is 4.66. The number of nitrogens with zero attached hydrogens (tertiary/aromatic N) is 4. The van der Waals surface area contributed by atoms with E-state index in [0.717, 1.165) is 22.2 Å². The van der Waals surface area contributed by atoms with E-state index in [1.807, 2.05) is 53.1 Å². The van der Waals surface area contributed by atoms with Gasteiger partial charge < -0.3 is 14.2 Å². The molecule has 0 radical (unpaired) electrons. The number of furan rings is 1. The molecule has 0 saturated carbocycles. The lowest BCUT2D eigenvalue weighted by molar-refractivity contribution is 0.0943. The standard InChI is InChI=1S/C25H21N5O3S/c31-24(26-15-20-12-7-13-32-20)21-16-33-23(27-21)17-34-25-29-28-22(14-18-8-3-1-4-9-18)30(25)19-10-5-2-6-11-19/h1-13,16H,14-15,17H2,(H,26,31). The van der Waals surface area contributed by atoms with Crippen molar-refractivity contribution in [1.29, 1.82) is 0 Å². The summed E-state index contributed by atoms with van der Waals surface area (Å²) in [4.78, 5) is 16.6. The molecule has 3 heterocycles. The minimum Gasteiger partial charge on any atom is -0.467 e. The molecule has 5 rings (SSSR count). The van der Waals surface area contributed by atoms with Crippen molar-refractivity contribution in [2.45, 2.75) is 23.9 Å². The molecule has 0 aliphatic heterocycles. The molecule has 5 aromatic rings. The highest BCUT2D eigenvalue weighted by atomic mass is 32.2. The Bertz CT molecular complexity index is 1350. The summed E-state index contributed by atoms with van der Waals surface area (Å²) in [5, 5.41) is 12.3. The lowest BCUT2D eigenvalue weighted by Crippen LogP contribution is -2.22. The Morgan fingerprint density at radius 2 is 1.74 bits per heavy atom. The molecule has 8 nitrogen and oxygen atoms in total. The van der Waals surface area contributed by atoms with E-state index in [-0.39, 0.29) is 18.1 Å². The molecule has 0 atom stereocenters. The van der Waals surface area contributed by atoms with Gasteiger partial charge in [-0.1, -0.05) is 60.3 Å². The molecule has 1 N–H and O–H groups in total. The molecule has 170 valence electrons. The second kappa shape index (κ2) is 10.2. The lowest BCUT2D eigenvalue weighted by Gasteiger charge is -2.10. The number of oxazole rings is 1. The van der Waals surface area contributed by atoms with Gasteiger partial charge in [0, 0.05) is 12.1 Å². The third-order valence-corrected chi connectivity index (χ3v) is 5.95. The van der Waals surface area contributed by atoms with Gasteiger partial charge in [0.05, 0.1) is 18.6 Å². The molecule has 0 fully saturated rings. The van der Waals surface area contributed by atoms with E-state index >= 15 is 0 Å².